The first-order valence-corrected chi connectivity index (χ1v) is 8.06. The Morgan fingerprint density at radius 3 is 2.59 bits per heavy atom. The van der Waals surface area contributed by atoms with Gasteiger partial charge in [0, 0.05) is 32.2 Å². The van der Waals surface area contributed by atoms with E-state index < -0.39 is 0 Å². The number of guanidine groups is 1. The maximum Gasteiger partial charge on any atom is 0.193 e. The van der Waals surface area contributed by atoms with Gasteiger partial charge in [-0.15, -0.1) is 0 Å². The smallest absolute Gasteiger partial charge is 0.193 e. The van der Waals surface area contributed by atoms with Crippen molar-refractivity contribution in [1.82, 2.24) is 20.3 Å². The minimum absolute atomic E-state index is 0.239. The van der Waals surface area contributed by atoms with E-state index in [9.17, 15) is 0 Å². The van der Waals surface area contributed by atoms with Gasteiger partial charge in [0.1, 0.15) is 12.0 Å². The molecule has 1 N–H and O–H groups in total. The van der Waals surface area contributed by atoms with Crippen LogP contribution in [0.4, 0.5) is 0 Å². The van der Waals surface area contributed by atoms with Gasteiger partial charge in [-0.05, 0) is 26.9 Å². The number of nitrogens with one attached hydrogen (secondary N) is 1. The summed E-state index contributed by atoms with van der Waals surface area (Å²) in [7, 11) is 8.22. The monoisotopic (exact) mass is 307 g/mol. The number of hydrogen-bond acceptors (Lipinski definition) is 4. The number of aromatic nitrogens is 1. The molecule has 6 heteroatoms. The van der Waals surface area contributed by atoms with Gasteiger partial charge in [-0.3, -0.25) is 4.99 Å². The SMILES string of the molecule is CN=C(NCC1(N(C)C)CCCCC1)N(C)Cc1ccon1. The number of rotatable bonds is 5. The summed E-state index contributed by atoms with van der Waals surface area (Å²) in [5.74, 6) is 0.898. The van der Waals surface area contributed by atoms with Crippen molar-refractivity contribution in [3.63, 3.8) is 0 Å². The van der Waals surface area contributed by atoms with Crippen LogP contribution >= 0.6 is 0 Å². The maximum absolute atomic E-state index is 4.89. The number of likely N-dealkylation sites (N-methyl/N-ethyl adjacent to an activating group) is 1. The van der Waals surface area contributed by atoms with Crippen molar-refractivity contribution in [2.45, 2.75) is 44.2 Å². The average Bonchev–Trinajstić information content (AvgIpc) is 3.01. The minimum Gasteiger partial charge on any atom is -0.364 e. The summed E-state index contributed by atoms with van der Waals surface area (Å²) >= 11 is 0. The van der Waals surface area contributed by atoms with E-state index in [0.29, 0.717) is 6.54 Å². The van der Waals surface area contributed by atoms with Gasteiger partial charge >= 0.3 is 0 Å². The van der Waals surface area contributed by atoms with Crippen LogP contribution in [0.1, 0.15) is 37.8 Å². The molecule has 1 saturated carbocycles. The lowest BCUT2D eigenvalue weighted by molar-refractivity contribution is 0.103. The van der Waals surface area contributed by atoms with Gasteiger partial charge in [-0.1, -0.05) is 24.4 Å². The molecule has 1 aromatic rings. The Morgan fingerprint density at radius 1 is 1.32 bits per heavy atom. The maximum atomic E-state index is 4.89. The lowest BCUT2D eigenvalue weighted by Crippen LogP contribution is -2.55. The van der Waals surface area contributed by atoms with Crippen LogP contribution in [0, 0.1) is 0 Å². The Bertz CT molecular complexity index is 463. The molecule has 1 aromatic heterocycles. The molecule has 0 aromatic carbocycles. The Labute approximate surface area is 133 Å². The molecule has 2 rings (SSSR count). The molecule has 0 radical (unpaired) electrons. The molecule has 1 aliphatic rings. The lowest BCUT2D eigenvalue weighted by Gasteiger charge is -2.43. The van der Waals surface area contributed by atoms with Crippen LogP contribution in [0.15, 0.2) is 21.8 Å². The van der Waals surface area contributed by atoms with Crippen molar-refractivity contribution in [3.8, 4) is 0 Å². The Hall–Kier alpha value is -1.56. The normalized spacial score (nSPS) is 18.5. The van der Waals surface area contributed by atoms with E-state index >= 15 is 0 Å². The Morgan fingerprint density at radius 2 is 2.05 bits per heavy atom. The second-order valence-electron chi connectivity index (χ2n) is 6.43. The van der Waals surface area contributed by atoms with Crippen molar-refractivity contribution in [2.24, 2.45) is 4.99 Å². The standard InChI is InChI=1S/C16H29N5O/c1-17-15(21(4)12-14-8-11-22-19-14)18-13-16(20(2)3)9-6-5-7-10-16/h8,11H,5-7,9-10,12-13H2,1-4H3,(H,17,18). The van der Waals surface area contributed by atoms with E-state index in [1.54, 1.807) is 6.26 Å². The predicted octanol–water partition coefficient (Wildman–Crippen LogP) is 1.95. The summed E-state index contributed by atoms with van der Waals surface area (Å²) in [4.78, 5) is 8.85. The van der Waals surface area contributed by atoms with Crippen molar-refractivity contribution in [2.75, 3.05) is 34.7 Å². The second kappa shape index (κ2) is 7.63. The summed E-state index contributed by atoms with van der Waals surface area (Å²) in [5.41, 5.74) is 1.15. The van der Waals surface area contributed by atoms with E-state index in [1.165, 1.54) is 32.1 Å². The van der Waals surface area contributed by atoms with Crippen molar-refractivity contribution < 1.29 is 4.52 Å². The topological polar surface area (TPSA) is 56.9 Å². The molecule has 0 aliphatic heterocycles. The fourth-order valence-electron chi connectivity index (χ4n) is 3.26. The fourth-order valence-corrected chi connectivity index (χ4v) is 3.26. The highest BCUT2D eigenvalue weighted by atomic mass is 16.5. The molecule has 124 valence electrons. The van der Waals surface area contributed by atoms with Crippen LogP contribution in [0.5, 0.6) is 0 Å². The number of aliphatic imine (C=N–C) groups is 1. The number of hydrogen-bond donors (Lipinski definition) is 1. The summed E-state index contributed by atoms with van der Waals surface area (Å²) in [5, 5.41) is 7.51. The van der Waals surface area contributed by atoms with Crippen LogP contribution < -0.4 is 5.32 Å². The van der Waals surface area contributed by atoms with Crippen LogP contribution in [0.25, 0.3) is 0 Å². The molecule has 0 saturated heterocycles. The van der Waals surface area contributed by atoms with Gasteiger partial charge in [-0.2, -0.15) is 0 Å². The van der Waals surface area contributed by atoms with Gasteiger partial charge in [0.2, 0.25) is 0 Å². The largest absolute Gasteiger partial charge is 0.364 e. The quantitative estimate of drug-likeness (QED) is 0.665. The first-order chi connectivity index (χ1) is 10.6. The van der Waals surface area contributed by atoms with Gasteiger partial charge in [-0.25, -0.2) is 0 Å². The van der Waals surface area contributed by atoms with Gasteiger partial charge in [0.15, 0.2) is 5.96 Å². The highest BCUT2D eigenvalue weighted by molar-refractivity contribution is 5.79. The second-order valence-corrected chi connectivity index (χ2v) is 6.43. The summed E-state index contributed by atoms with van der Waals surface area (Å²) in [6, 6.07) is 1.88. The minimum atomic E-state index is 0.239. The predicted molar refractivity (Wildman–Crippen MR) is 88.8 cm³/mol. The van der Waals surface area contributed by atoms with E-state index in [0.717, 1.165) is 18.2 Å². The molecule has 6 nitrogen and oxygen atoms in total. The van der Waals surface area contributed by atoms with E-state index in [2.05, 4.69) is 39.4 Å². The summed E-state index contributed by atoms with van der Waals surface area (Å²) in [6.07, 6.45) is 8.08. The zero-order chi connectivity index (χ0) is 16.0. The zero-order valence-electron chi connectivity index (χ0n) is 14.3. The molecule has 1 heterocycles. The summed E-state index contributed by atoms with van der Waals surface area (Å²) < 4.78 is 4.89. The molecule has 1 aliphatic carbocycles. The van der Waals surface area contributed by atoms with E-state index in [1.807, 2.05) is 20.2 Å². The molecular formula is C16H29N5O. The third-order valence-corrected chi connectivity index (χ3v) is 4.77. The average molecular weight is 307 g/mol. The Balaban J connectivity index is 1.94. The first kappa shape index (κ1) is 16.8. The van der Waals surface area contributed by atoms with E-state index in [-0.39, 0.29) is 5.54 Å². The molecule has 0 bridgehead atoms. The van der Waals surface area contributed by atoms with Gasteiger partial charge < -0.3 is 19.6 Å². The third kappa shape index (κ3) is 4.00. The zero-order valence-corrected chi connectivity index (χ0v) is 14.3. The highest BCUT2D eigenvalue weighted by Crippen LogP contribution is 2.31. The molecular weight excluding hydrogens is 278 g/mol. The first-order valence-electron chi connectivity index (χ1n) is 8.06. The van der Waals surface area contributed by atoms with Crippen molar-refractivity contribution >= 4 is 5.96 Å². The Kier molecular flexibility index (Phi) is 5.83. The molecule has 1 fully saturated rings. The van der Waals surface area contributed by atoms with Gasteiger partial charge in [0.25, 0.3) is 0 Å². The number of nitrogens with zero attached hydrogens (tertiary/aromatic N) is 4. The highest BCUT2D eigenvalue weighted by Gasteiger charge is 2.34. The van der Waals surface area contributed by atoms with Crippen LogP contribution in [0.2, 0.25) is 0 Å². The molecule has 0 atom stereocenters. The fraction of sp³-hybridized carbons (Fsp3) is 0.750. The van der Waals surface area contributed by atoms with Crippen LogP contribution in [-0.2, 0) is 6.54 Å². The molecule has 22 heavy (non-hydrogen) atoms. The van der Waals surface area contributed by atoms with Gasteiger partial charge in [0.05, 0.1) is 6.54 Å². The molecule has 0 unspecified atom stereocenters. The molecule has 0 spiro atoms. The van der Waals surface area contributed by atoms with Crippen molar-refractivity contribution in [1.29, 1.82) is 0 Å². The van der Waals surface area contributed by atoms with Crippen LogP contribution in [0.3, 0.4) is 0 Å². The summed E-state index contributed by atoms with van der Waals surface area (Å²) in [6.45, 7) is 1.61. The third-order valence-electron chi connectivity index (χ3n) is 4.77. The van der Waals surface area contributed by atoms with E-state index in [4.69, 9.17) is 4.52 Å². The van der Waals surface area contributed by atoms with Crippen molar-refractivity contribution in [3.05, 3.63) is 18.0 Å². The molecule has 0 amide bonds. The van der Waals surface area contributed by atoms with Crippen LogP contribution in [-0.4, -0.2) is 61.2 Å². The lowest BCUT2D eigenvalue weighted by atomic mass is 9.80.